The standard InChI is InChI=1S/C22H24FN3O2/c1-15-6-7-16(13-19(15)23)12-17-4-2-3-5-18(17)22(28)26-11-10-25-9-8-24-21(27)20(25)14-26/h2-7,13,20H,8-12,14H2,1H3,(H,24,27)/t20-/m0/s1. The molecule has 0 bridgehead atoms. The quantitative estimate of drug-likeness (QED) is 0.885. The van der Waals surface area contributed by atoms with Crippen LogP contribution in [0, 0.1) is 12.7 Å². The van der Waals surface area contributed by atoms with E-state index in [1.54, 1.807) is 17.9 Å². The fraction of sp³-hybridized carbons (Fsp3) is 0.364. The number of benzene rings is 2. The molecule has 2 aromatic carbocycles. The van der Waals surface area contributed by atoms with Crippen LogP contribution in [-0.4, -0.2) is 60.4 Å². The van der Waals surface area contributed by atoms with Gasteiger partial charge in [-0.25, -0.2) is 4.39 Å². The Bertz CT molecular complexity index is 914. The van der Waals surface area contributed by atoms with E-state index in [0.29, 0.717) is 43.7 Å². The smallest absolute Gasteiger partial charge is 0.254 e. The molecule has 6 heteroatoms. The molecular weight excluding hydrogens is 357 g/mol. The minimum atomic E-state index is -0.273. The summed E-state index contributed by atoms with van der Waals surface area (Å²) in [6.07, 6.45) is 0.489. The van der Waals surface area contributed by atoms with Gasteiger partial charge in [0.25, 0.3) is 5.91 Å². The van der Waals surface area contributed by atoms with E-state index in [4.69, 9.17) is 0 Å². The van der Waals surface area contributed by atoms with E-state index in [2.05, 4.69) is 10.2 Å². The molecule has 2 aromatic rings. The Morgan fingerprint density at radius 1 is 1.18 bits per heavy atom. The number of fused-ring (bicyclic) bond motifs is 1. The summed E-state index contributed by atoms with van der Waals surface area (Å²) in [5.41, 5.74) is 2.93. The molecule has 4 rings (SSSR count). The van der Waals surface area contributed by atoms with Crippen LogP contribution in [0.3, 0.4) is 0 Å². The molecule has 0 unspecified atom stereocenters. The van der Waals surface area contributed by atoms with Crippen LogP contribution in [0.5, 0.6) is 0 Å². The number of piperazine rings is 2. The number of carbonyl (C=O) groups excluding carboxylic acids is 2. The Balaban J connectivity index is 1.55. The second-order valence-electron chi connectivity index (χ2n) is 7.51. The SMILES string of the molecule is Cc1ccc(Cc2ccccc2C(=O)N2CCN3CCNC(=O)[C@@H]3C2)cc1F. The minimum Gasteiger partial charge on any atom is -0.353 e. The summed E-state index contributed by atoms with van der Waals surface area (Å²) < 4.78 is 13.9. The van der Waals surface area contributed by atoms with E-state index in [0.717, 1.165) is 17.7 Å². The first kappa shape index (κ1) is 18.6. The van der Waals surface area contributed by atoms with Crippen molar-refractivity contribution in [1.82, 2.24) is 15.1 Å². The third-order valence-corrected chi connectivity index (χ3v) is 5.66. The van der Waals surface area contributed by atoms with Gasteiger partial charge >= 0.3 is 0 Å². The number of amides is 2. The van der Waals surface area contributed by atoms with E-state index in [-0.39, 0.29) is 23.7 Å². The van der Waals surface area contributed by atoms with Gasteiger partial charge in [-0.15, -0.1) is 0 Å². The molecule has 1 atom stereocenters. The van der Waals surface area contributed by atoms with Crippen LogP contribution in [0.4, 0.5) is 4.39 Å². The average molecular weight is 381 g/mol. The van der Waals surface area contributed by atoms with Crippen LogP contribution < -0.4 is 5.32 Å². The van der Waals surface area contributed by atoms with Crippen LogP contribution in [0.25, 0.3) is 0 Å². The van der Waals surface area contributed by atoms with E-state index >= 15 is 0 Å². The number of halogens is 1. The van der Waals surface area contributed by atoms with Gasteiger partial charge in [-0.05, 0) is 42.2 Å². The van der Waals surface area contributed by atoms with Crippen LogP contribution in [0.15, 0.2) is 42.5 Å². The molecule has 2 amide bonds. The van der Waals surface area contributed by atoms with Crippen molar-refractivity contribution in [1.29, 1.82) is 0 Å². The van der Waals surface area contributed by atoms with Crippen molar-refractivity contribution in [3.63, 3.8) is 0 Å². The molecule has 2 aliphatic heterocycles. The van der Waals surface area contributed by atoms with Crippen LogP contribution in [0.2, 0.25) is 0 Å². The fourth-order valence-electron chi connectivity index (χ4n) is 3.98. The highest BCUT2D eigenvalue weighted by atomic mass is 19.1. The lowest BCUT2D eigenvalue weighted by molar-refractivity contribution is -0.131. The molecule has 0 saturated carbocycles. The molecule has 2 fully saturated rings. The maximum absolute atomic E-state index is 13.9. The van der Waals surface area contributed by atoms with Crippen molar-refractivity contribution < 1.29 is 14.0 Å². The Morgan fingerprint density at radius 2 is 2.00 bits per heavy atom. The highest BCUT2D eigenvalue weighted by Gasteiger charge is 2.36. The number of rotatable bonds is 3. The van der Waals surface area contributed by atoms with Crippen molar-refractivity contribution in [2.75, 3.05) is 32.7 Å². The number of carbonyl (C=O) groups is 2. The van der Waals surface area contributed by atoms with Crippen LogP contribution in [-0.2, 0) is 11.2 Å². The molecule has 146 valence electrons. The van der Waals surface area contributed by atoms with Crippen molar-refractivity contribution in [2.24, 2.45) is 0 Å². The maximum atomic E-state index is 13.9. The molecule has 5 nitrogen and oxygen atoms in total. The Kier molecular flexibility index (Phi) is 5.13. The normalized spacial score (nSPS) is 19.9. The fourth-order valence-corrected chi connectivity index (χ4v) is 3.98. The molecule has 1 N–H and O–H groups in total. The number of aryl methyl sites for hydroxylation is 1. The summed E-state index contributed by atoms with van der Waals surface area (Å²) in [5, 5.41) is 2.88. The van der Waals surface area contributed by atoms with Crippen molar-refractivity contribution in [3.05, 3.63) is 70.5 Å². The van der Waals surface area contributed by atoms with Gasteiger partial charge in [0.15, 0.2) is 0 Å². The molecule has 2 heterocycles. The number of nitrogens with zero attached hydrogens (tertiary/aromatic N) is 2. The first-order valence-corrected chi connectivity index (χ1v) is 9.67. The second kappa shape index (κ2) is 7.72. The van der Waals surface area contributed by atoms with Gasteiger partial charge < -0.3 is 10.2 Å². The molecular formula is C22H24FN3O2. The Morgan fingerprint density at radius 3 is 2.82 bits per heavy atom. The van der Waals surface area contributed by atoms with Crippen molar-refractivity contribution in [3.8, 4) is 0 Å². The Hall–Kier alpha value is -2.73. The third-order valence-electron chi connectivity index (χ3n) is 5.66. The topological polar surface area (TPSA) is 52.7 Å². The molecule has 0 aromatic heterocycles. The summed E-state index contributed by atoms with van der Waals surface area (Å²) in [4.78, 5) is 29.3. The Labute approximate surface area is 164 Å². The molecule has 28 heavy (non-hydrogen) atoms. The van der Waals surface area contributed by atoms with Crippen molar-refractivity contribution in [2.45, 2.75) is 19.4 Å². The van der Waals surface area contributed by atoms with E-state index < -0.39 is 0 Å². The summed E-state index contributed by atoms with van der Waals surface area (Å²) >= 11 is 0. The molecule has 0 radical (unpaired) electrons. The summed E-state index contributed by atoms with van der Waals surface area (Å²) in [5.74, 6) is -0.311. The summed E-state index contributed by atoms with van der Waals surface area (Å²) in [6, 6.07) is 12.4. The third kappa shape index (κ3) is 3.64. The first-order valence-electron chi connectivity index (χ1n) is 9.67. The van der Waals surface area contributed by atoms with Crippen molar-refractivity contribution >= 4 is 11.8 Å². The summed E-state index contributed by atoms with van der Waals surface area (Å²) in [6.45, 7) is 4.94. The highest BCUT2D eigenvalue weighted by Crippen LogP contribution is 2.21. The van der Waals surface area contributed by atoms with Gasteiger partial charge in [-0.1, -0.05) is 30.3 Å². The lowest BCUT2D eigenvalue weighted by Crippen LogP contribution is -2.64. The lowest BCUT2D eigenvalue weighted by atomic mass is 9.97. The highest BCUT2D eigenvalue weighted by molar-refractivity contribution is 5.96. The second-order valence-corrected chi connectivity index (χ2v) is 7.51. The van der Waals surface area contributed by atoms with E-state index in [1.807, 2.05) is 30.3 Å². The molecule has 0 spiro atoms. The molecule has 0 aliphatic carbocycles. The van der Waals surface area contributed by atoms with Gasteiger partial charge in [-0.3, -0.25) is 14.5 Å². The minimum absolute atomic E-state index is 0.00725. The van der Waals surface area contributed by atoms with Gasteiger partial charge in [0.2, 0.25) is 5.91 Å². The molecule has 2 saturated heterocycles. The largest absolute Gasteiger partial charge is 0.353 e. The zero-order chi connectivity index (χ0) is 19.7. The zero-order valence-electron chi connectivity index (χ0n) is 16.0. The summed E-state index contributed by atoms with van der Waals surface area (Å²) in [7, 11) is 0. The number of hydrogen-bond donors (Lipinski definition) is 1. The molecule has 2 aliphatic rings. The van der Waals surface area contributed by atoms with Gasteiger partial charge in [0.1, 0.15) is 11.9 Å². The van der Waals surface area contributed by atoms with Gasteiger partial charge in [-0.2, -0.15) is 0 Å². The zero-order valence-corrected chi connectivity index (χ0v) is 16.0. The van der Waals surface area contributed by atoms with Gasteiger partial charge in [0, 0.05) is 38.3 Å². The van der Waals surface area contributed by atoms with Crippen LogP contribution >= 0.6 is 0 Å². The number of hydrogen-bond acceptors (Lipinski definition) is 3. The van der Waals surface area contributed by atoms with Gasteiger partial charge in [0.05, 0.1) is 0 Å². The van der Waals surface area contributed by atoms with E-state index in [1.165, 1.54) is 6.07 Å². The predicted octanol–water partition coefficient (Wildman–Crippen LogP) is 1.98. The maximum Gasteiger partial charge on any atom is 0.254 e. The lowest BCUT2D eigenvalue weighted by Gasteiger charge is -2.43. The monoisotopic (exact) mass is 381 g/mol. The predicted molar refractivity (Wildman–Crippen MR) is 105 cm³/mol. The average Bonchev–Trinajstić information content (AvgIpc) is 2.71. The van der Waals surface area contributed by atoms with Crippen LogP contribution in [0.1, 0.15) is 27.0 Å². The van der Waals surface area contributed by atoms with E-state index in [9.17, 15) is 14.0 Å². The first-order chi connectivity index (χ1) is 13.5. The number of nitrogens with one attached hydrogen (secondary N) is 1.